The average molecular weight is 479 g/mol. The molecule has 6 rings (SSSR count). The Morgan fingerprint density at radius 1 is 0.621 bits per heavy atom. The fraction of sp³-hybridized carbons (Fsp3) is 0.200. The molecular weight excluding hydrogens is 465 g/mol. The highest BCUT2D eigenvalue weighted by molar-refractivity contribution is 8.03. The van der Waals surface area contributed by atoms with Crippen LogP contribution in [0.1, 0.15) is 0 Å². The molecule has 4 aromatic rings. The van der Waals surface area contributed by atoms with Crippen LogP contribution in [0.4, 0.5) is 0 Å². The maximum absolute atomic E-state index is 6.03. The second-order valence-electron chi connectivity index (χ2n) is 6.20. The van der Waals surface area contributed by atoms with E-state index >= 15 is 0 Å². The minimum atomic E-state index is 0.573. The van der Waals surface area contributed by atoms with Crippen LogP contribution in [0.15, 0.2) is 43.4 Å². The molecule has 0 aliphatic carbocycles. The number of hydrogen-bond donors (Lipinski definition) is 0. The number of fused-ring (bicyclic) bond motifs is 2. The third-order valence-electron chi connectivity index (χ3n) is 4.41. The van der Waals surface area contributed by atoms with Crippen molar-refractivity contribution in [3.05, 3.63) is 35.0 Å². The molecule has 0 atom stereocenters. The molecule has 29 heavy (non-hydrogen) atoms. The zero-order valence-electron chi connectivity index (χ0n) is 15.0. The van der Waals surface area contributed by atoms with Crippen molar-refractivity contribution in [3.8, 4) is 42.5 Å². The molecule has 9 heteroatoms. The molecule has 0 N–H and O–H groups in total. The molecule has 0 amide bonds. The SMILES string of the molecule is c1csc(-c2sc(Sc3sc(-c4cccs4)c4c3OCCO4)c3c2OCCO3)c1. The lowest BCUT2D eigenvalue weighted by atomic mass is 10.3. The molecule has 2 aliphatic heterocycles. The summed E-state index contributed by atoms with van der Waals surface area (Å²) >= 11 is 8.57. The normalized spacial score (nSPS) is 14.9. The third-order valence-corrected chi connectivity index (χ3v) is 10.1. The van der Waals surface area contributed by atoms with Crippen molar-refractivity contribution < 1.29 is 18.9 Å². The Balaban J connectivity index is 1.44. The van der Waals surface area contributed by atoms with Crippen LogP contribution in [0.25, 0.3) is 19.5 Å². The van der Waals surface area contributed by atoms with Gasteiger partial charge in [0.2, 0.25) is 0 Å². The average Bonchev–Trinajstić information content (AvgIpc) is 3.55. The lowest BCUT2D eigenvalue weighted by molar-refractivity contribution is 0.170. The summed E-state index contributed by atoms with van der Waals surface area (Å²) in [7, 11) is 0. The number of rotatable bonds is 4. The van der Waals surface area contributed by atoms with Crippen LogP contribution in [-0.2, 0) is 0 Å². The summed E-state index contributed by atoms with van der Waals surface area (Å²) in [5, 5.41) is 4.18. The van der Waals surface area contributed by atoms with E-state index in [0.29, 0.717) is 26.4 Å². The van der Waals surface area contributed by atoms with Gasteiger partial charge < -0.3 is 18.9 Å². The van der Waals surface area contributed by atoms with Crippen molar-refractivity contribution in [3.63, 3.8) is 0 Å². The minimum Gasteiger partial charge on any atom is -0.485 e. The van der Waals surface area contributed by atoms with Crippen LogP contribution in [0.2, 0.25) is 0 Å². The molecule has 6 heterocycles. The zero-order valence-corrected chi connectivity index (χ0v) is 19.0. The fourth-order valence-corrected chi connectivity index (χ4v) is 8.90. The summed E-state index contributed by atoms with van der Waals surface area (Å²) in [6, 6.07) is 8.39. The van der Waals surface area contributed by atoms with Gasteiger partial charge in [0.05, 0.1) is 9.75 Å². The molecule has 0 saturated heterocycles. The van der Waals surface area contributed by atoms with Gasteiger partial charge in [0.25, 0.3) is 0 Å². The van der Waals surface area contributed by atoms with Crippen LogP contribution in [0.3, 0.4) is 0 Å². The maximum atomic E-state index is 6.03. The second-order valence-corrected chi connectivity index (χ2v) is 11.7. The van der Waals surface area contributed by atoms with E-state index in [0.717, 1.165) is 41.2 Å². The van der Waals surface area contributed by atoms with Crippen LogP contribution in [0.5, 0.6) is 23.0 Å². The lowest BCUT2D eigenvalue weighted by Gasteiger charge is -2.18. The minimum absolute atomic E-state index is 0.573. The van der Waals surface area contributed by atoms with E-state index in [1.807, 2.05) is 0 Å². The van der Waals surface area contributed by atoms with E-state index in [4.69, 9.17) is 18.9 Å². The summed E-state index contributed by atoms with van der Waals surface area (Å²) in [6.07, 6.45) is 0. The first-order chi connectivity index (χ1) is 14.4. The van der Waals surface area contributed by atoms with Gasteiger partial charge in [-0.25, -0.2) is 0 Å². The summed E-state index contributed by atoms with van der Waals surface area (Å²) < 4.78 is 26.3. The van der Waals surface area contributed by atoms with Gasteiger partial charge in [-0.3, -0.25) is 0 Å². The van der Waals surface area contributed by atoms with E-state index in [9.17, 15) is 0 Å². The summed E-state index contributed by atoms with van der Waals surface area (Å²) in [4.78, 5) is 4.68. The largest absolute Gasteiger partial charge is 0.485 e. The quantitative estimate of drug-likeness (QED) is 0.317. The first-order valence-electron chi connectivity index (χ1n) is 8.99. The van der Waals surface area contributed by atoms with Gasteiger partial charge in [0.1, 0.15) is 34.8 Å². The molecule has 4 nitrogen and oxygen atoms in total. The van der Waals surface area contributed by atoms with Crippen molar-refractivity contribution in [1.29, 1.82) is 0 Å². The molecule has 0 aromatic carbocycles. The van der Waals surface area contributed by atoms with Crippen molar-refractivity contribution in [2.45, 2.75) is 8.42 Å². The van der Waals surface area contributed by atoms with Crippen LogP contribution < -0.4 is 18.9 Å². The number of ether oxygens (including phenoxy) is 4. The van der Waals surface area contributed by atoms with Gasteiger partial charge in [-0.2, -0.15) is 0 Å². The van der Waals surface area contributed by atoms with E-state index in [2.05, 4.69) is 35.0 Å². The molecule has 0 saturated carbocycles. The topological polar surface area (TPSA) is 36.9 Å². The first-order valence-corrected chi connectivity index (χ1v) is 13.2. The number of thiophene rings is 4. The van der Waals surface area contributed by atoms with Crippen molar-refractivity contribution >= 4 is 57.1 Å². The molecule has 0 fully saturated rings. The van der Waals surface area contributed by atoms with Crippen LogP contribution >= 0.6 is 57.1 Å². The van der Waals surface area contributed by atoms with E-state index < -0.39 is 0 Å². The molecule has 0 bridgehead atoms. The van der Waals surface area contributed by atoms with Gasteiger partial charge in [-0.15, -0.1) is 45.3 Å². The van der Waals surface area contributed by atoms with Gasteiger partial charge in [0, 0.05) is 9.75 Å². The molecule has 0 radical (unpaired) electrons. The molecule has 2 aliphatic rings. The predicted molar refractivity (Wildman–Crippen MR) is 121 cm³/mol. The van der Waals surface area contributed by atoms with E-state index in [1.165, 1.54) is 9.75 Å². The monoisotopic (exact) mass is 478 g/mol. The lowest BCUT2D eigenvalue weighted by Crippen LogP contribution is -2.15. The highest BCUT2D eigenvalue weighted by Crippen LogP contribution is 2.60. The maximum Gasteiger partial charge on any atom is 0.186 e. The van der Waals surface area contributed by atoms with Crippen molar-refractivity contribution in [1.82, 2.24) is 0 Å². The molecule has 0 spiro atoms. The van der Waals surface area contributed by atoms with E-state index in [-0.39, 0.29) is 0 Å². The van der Waals surface area contributed by atoms with E-state index in [1.54, 1.807) is 57.1 Å². The Labute approximate surface area is 187 Å². The predicted octanol–water partition coefficient (Wildman–Crippen LogP) is 6.96. The smallest absolute Gasteiger partial charge is 0.186 e. The highest BCUT2D eigenvalue weighted by Gasteiger charge is 2.31. The molecule has 0 unspecified atom stereocenters. The summed E-state index contributed by atoms with van der Waals surface area (Å²) in [6.45, 7) is 2.31. The number of hydrogen-bond acceptors (Lipinski definition) is 9. The Bertz CT molecular complexity index is 1050. The summed E-state index contributed by atoms with van der Waals surface area (Å²) in [5.41, 5.74) is 0. The van der Waals surface area contributed by atoms with Gasteiger partial charge in [0.15, 0.2) is 23.0 Å². The Morgan fingerprint density at radius 3 is 1.48 bits per heavy atom. The van der Waals surface area contributed by atoms with Gasteiger partial charge in [-0.1, -0.05) is 23.9 Å². The van der Waals surface area contributed by atoms with Crippen molar-refractivity contribution in [2.24, 2.45) is 0 Å². The van der Waals surface area contributed by atoms with Gasteiger partial charge >= 0.3 is 0 Å². The van der Waals surface area contributed by atoms with Crippen molar-refractivity contribution in [2.75, 3.05) is 26.4 Å². The first kappa shape index (κ1) is 18.1. The highest BCUT2D eigenvalue weighted by atomic mass is 32.2. The van der Waals surface area contributed by atoms with Crippen LogP contribution in [0, 0.1) is 0 Å². The second kappa shape index (κ2) is 7.55. The summed E-state index contributed by atoms with van der Waals surface area (Å²) in [5.74, 6) is 3.44. The Hall–Kier alpha value is -1.65. The third kappa shape index (κ3) is 3.16. The fourth-order valence-electron chi connectivity index (χ4n) is 3.21. The molecule has 148 valence electrons. The van der Waals surface area contributed by atoms with Crippen LogP contribution in [-0.4, -0.2) is 26.4 Å². The molecular formula is C20H14O4S5. The Kier molecular flexibility index (Phi) is 4.73. The standard InChI is InChI=1S/C20H14O4S5/c1-3-11(25-9-1)17-13-15(23-7-5-21-13)19(27-17)29-20-16-14(22-6-8-24-16)18(28-20)12-4-2-10-26-12/h1-4,9-10H,5-8H2. The Morgan fingerprint density at radius 2 is 1.07 bits per heavy atom. The zero-order chi connectivity index (χ0) is 19.2. The molecule has 4 aromatic heterocycles. The van der Waals surface area contributed by atoms with Gasteiger partial charge in [-0.05, 0) is 22.9 Å².